The Morgan fingerprint density at radius 3 is 2.45 bits per heavy atom. The van der Waals surface area contributed by atoms with E-state index in [0.717, 1.165) is 56.9 Å². The molecular weight excluding hydrogens is 276 g/mol. The number of hydrogen-bond acceptors (Lipinski definition) is 3. The molecule has 22 heavy (non-hydrogen) atoms. The molecule has 0 saturated heterocycles. The molecule has 0 aliphatic rings. The number of carbonyl (C=O) groups excluding carboxylic acids is 1. The number of unbranched alkanes of at least 4 members (excludes halogenated alkanes) is 3. The molecule has 3 nitrogen and oxygen atoms in total. The van der Waals surface area contributed by atoms with Crippen LogP contribution in [-0.2, 0) is 15.1 Å². The van der Waals surface area contributed by atoms with Crippen LogP contribution in [0.4, 0.5) is 0 Å². The topological polar surface area (TPSA) is 46.5 Å². The molecule has 0 radical (unpaired) electrons. The predicted molar refractivity (Wildman–Crippen MR) is 89.6 cm³/mol. The van der Waals surface area contributed by atoms with Gasteiger partial charge in [0, 0.05) is 0 Å². The van der Waals surface area contributed by atoms with E-state index in [0.29, 0.717) is 6.47 Å². The first-order chi connectivity index (χ1) is 10.6. The van der Waals surface area contributed by atoms with E-state index in [2.05, 4.69) is 6.92 Å². The van der Waals surface area contributed by atoms with Gasteiger partial charge in [-0.1, -0.05) is 62.9 Å². The van der Waals surface area contributed by atoms with E-state index in [4.69, 9.17) is 4.74 Å². The lowest BCUT2D eigenvalue weighted by molar-refractivity contribution is -0.143. The molecule has 0 bridgehead atoms. The highest BCUT2D eigenvalue weighted by atomic mass is 16.5. The Kier molecular flexibility index (Phi) is 8.83. The molecule has 0 aliphatic heterocycles. The van der Waals surface area contributed by atoms with Gasteiger partial charge in [-0.05, 0) is 38.2 Å². The lowest BCUT2D eigenvalue weighted by Gasteiger charge is -2.28. The smallest absolute Gasteiger partial charge is 0.293 e. The van der Waals surface area contributed by atoms with Crippen LogP contribution >= 0.6 is 0 Å². The minimum atomic E-state index is -0.552. The molecule has 0 saturated carbocycles. The number of aliphatic hydroxyl groups is 1. The summed E-state index contributed by atoms with van der Waals surface area (Å²) in [5.74, 6) is 0. The molecule has 0 spiro atoms. The molecule has 0 amide bonds. The molecule has 1 rings (SSSR count). The fraction of sp³-hybridized carbons (Fsp3) is 0.632. The second kappa shape index (κ2) is 10.4. The Balaban J connectivity index is 2.35. The van der Waals surface area contributed by atoms with Crippen LogP contribution in [0, 0.1) is 0 Å². The Labute approximate surface area is 134 Å². The van der Waals surface area contributed by atoms with Crippen molar-refractivity contribution in [3.05, 3.63) is 35.9 Å². The largest absolute Gasteiger partial charge is 0.457 e. The zero-order valence-corrected chi connectivity index (χ0v) is 14.0. The van der Waals surface area contributed by atoms with Crippen molar-refractivity contribution in [1.82, 2.24) is 0 Å². The van der Waals surface area contributed by atoms with E-state index in [1.165, 1.54) is 0 Å². The van der Waals surface area contributed by atoms with E-state index < -0.39 is 5.60 Å². The summed E-state index contributed by atoms with van der Waals surface area (Å²) in [4.78, 5) is 10.8. The van der Waals surface area contributed by atoms with E-state index in [-0.39, 0.29) is 6.10 Å². The molecule has 1 N–H and O–H groups in total. The van der Waals surface area contributed by atoms with Gasteiger partial charge in [-0.15, -0.1) is 0 Å². The zero-order valence-electron chi connectivity index (χ0n) is 14.0. The van der Waals surface area contributed by atoms with Crippen molar-refractivity contribution in [2.24, 2.45) is 0 Å². The molecule has 0 heterocycles. The number of carbonyl (C=O) groups is 1. The zero-order chi connectivity index (χ0) is 16.3. The summed E-state index contributed by atoms with van der Waals surface area (Å²) in [6.07, 6.45) is 7.72. The Hall–Kier alpha value is -1.35. The van der Waals surface area contributed by atoms with Crippen LogP contribution in [0.5, 0.6) is 0 Å². The Bertz CT molecular complexity index is 404. The maximum atomic E-state index is 10.8. The molecule has 124 valence electrons. The minimum Gasteiger partial charge on any atom is -0.457 e. The summed E-state index contributed by atoms with van der Waals surface area (Å²) in [5.41, 5.74) is 0.481. The first kappa shape index (κ1) is 18.7. The second-order valence-corrected chi connectivity index (χ2v) is 6.21. The molecule has 2 unspecified atom stereocenters. The van der Waals surface area contributed by atoms with Gasteiger partial charge in [0.1, 0.15) is 5.60 Å². The van der Waals surface area contributed by atoms with Gasteiger partial charge < -0.3 is 9.84 Å². The van der Waals surface area contributed by atoms with Crippen molar-refractivity contribution < 1.29 is 14.6 Å². The predicted octanol–water partition coefficient (Wildman–Crippen LogP) is 4.58. The monoisotopic (exact) mass is 306 g/mol. The van der Waals surface area contributed by atoms with Gasteiger partial charge in [0.2, 0.25) is 0 Å². The van der Waals surface area contributed by atoms with E-state index in [1.54, 1.807) is 0 Å². The Morgan fingerprint density at radius 2 is 1.82 bits per heavy atom. The lowest BCUT2D eigenvalue weighted by atomic mass is 9.89. The highest BCUT2D eigenvalue weighted by molar-refractivity contribution is 5.40. The summed E-state index contributed by atoms with van der Waals surface area (Å²) in [6.45, 7) is 4.65. The fourth-order valence-electron chi connectivity index (χ4n) is 2.77. The molecule has 3 heteroatoms. The summed E-state index contributed by atoms with van der Waals surface area (Å²) >= 11 is 0. The standard InChI is InChI=1S/C19H30O3/c1-3-4-13-18(21)14-9-6-10-15-19(2,22-16-20)17-11-7-5-8-12-17/h5,7-8,11-12,16,18,21H,3-4,6,9-10,13-15H2,1-2H3. The van der Waals surface area contributed by atoms with Crippen molar-refractivity contribution in [2.45, 2.75) is 76.9 Å². The van der Waals surface area contributed by atoms with Gasteiger partial charge in [0.25, 0.3) is 6.47 Å². The van der Waals surface area contributed by atoms with Gasteiger partial charge in [-0.25, -0.2) is 0 Å². The molecule has 0 fully saturated rings. The molecular formula is C19H30O3. The summed E-state index contributed by atoms with van der Waals surface area (Å²) < 4.78 is 5.37. The third-order valence-electron chi connectivity index (χ3n) is 4.27. The van der Waals surface area contributed by atoms with E-state index >= 15 is 0 Å². The van der Waals surface area contributed by atoms with Crippen LogP contribution in [0.1, 0.15) is 70.8 Å². The van der Waals surface area contributed by atoms with Crippen molar-refractivity contribution in [1.29, 1.82) is 0 Å². The number of aliphatic hydroxyl groups excluding tert-OH is 1. The van der Waals surface area contributed by atoms with Gasteiger partial charge in [-0.2, -0.15) is 0 Å². The minimum absolute atomic E-state index is 0.160. The maximum absolute atomic E-state index is 10.8. The number of hydrogen-bond donors (Lipinski definition) is 1. The van der Waals surface area contributed by atoms with Crippen LogP contribution < -0.4 is 0 Å². The number of ether oxygens (including phenoxy) is 1. The summed E-state index contributed by atoms with van der Waals surface area (Å²) in [5, 5.41) is 9.83. The maximum Gasteiger partial charge on any atom is 0.293 e. The van der Waals surface area contributed by atoms with Crippen LogP contribution in [0.15, 0.2) is 30.3 Å². The van der Waals surface area contributed by atoms with Gasteiger partial charge in [0.05, 0.1) is 6.10 Å². The first-order valence-corrected chi connectivity index (χ1v) is 8.47. The number of rotatable bonds is 12. The van der Waals surface area contributed by atoms with Crippen molar-refractivity contribution in [2.75, 3.05) is 0 Å². The van der Waals surface area contributed by atoms with Crippen molar-refractivity contribution in [3.63, 3.8) is 0 Å². The number of benzene rings is 1. The van der Waals surface area contributed by atoms with Crippen LogP contribution in [0.25, 0.3) is 0 Å². The quantitative estimate of drug-likeness (QED) is 0.454. The molecule has 1 aromatic rings. The third kappa shape index (κ3) is 6.61. The van der Waals surface area contributed by atoms with Crippen LogP contribution in [0.2, 0.25) is 0 Å². The molecule has 0 aromatic heterocycles. The highest BCUT2D eigenvalue weighted by Gasteiger charge is 2.27. The molecule has 0 aliphatic carbocycles. The molecule has 1 aromatic carbocycles. The van der Waals surface area contributed by atoms with E-state index in [1.807, 2.05) is 37.3 Å². The second-order valence-electron chi connectivity index (χ2n) is 6.21. The van der Waals surface area contributed by atoms with Crippen molar-refractivity contribution >= 4 is 6.47 Å². The van der Waals surface area contributed by atoms with Gasteiger partial charge in [0.15, 0.2) is 0 Å². The van der Waals surface area contributed by atoms with Gasteiger partial charge >= 0.3 is 0 Å². The molecule has 2 atom stereocenters. The fourth-order valence-corrected chi connectivity index (χ4v) is 2.77. The summed E-state index contributed by atoms with van der Waals surface area (Å²) in [6, 6.07) is 9.89. The van der Waals surface area contributed by atoms with E-state index in [9.17, 15) is 9.90 Å². The average molecular weight is 306 g/mol. The Morgan fingerprint density at radius 1 is 1.14 bits per heavy atom. The SMILES string of the molecule is CCCCC(O)CCCCCC(C)(OC=O)c1ccccc1. The first-order valence-electron chi connectivity index (χ1n) is 8.47. The summed E-state index contributed by atoms with van der Waals surface area (Å²) in [7, 11) is 0. The van der Waals surface area contributed by atoms with Crippen molar-refractivity contribution in [3.8, 4) is 0 Å². The van der Waals surface area contributed by atoms with Gasteiger partial charge in [-0.3, -0.25) is 4.79 Å². The van der Waals surface area contributed by atoms with Crippen LogP contribution in [0.3, 0.4) is 0 Å². The van der Waals surface area contributed by atoms with Crippen LogP contribution in [-0.4, -0.2) is 17.7 Å². The normalized spacial score (nSPS) is 15.0. The highest BCUT2D eigenvalue weighted by Crippen LogP contribution is 2.30. The lowest BCUT2D eigenvalue weighted by Crippen LogP contribution is -2.25. The average Bonchev–Trinajstić information content (AvgIpc) is 2.53. The third-order valence-corrected chi connectivity index (χ3v) is 4.27.